The highest BCUT2D eigenvalue weighted by Crippen LogP contribution is 2.27. The van der Waals surface area contributed by atoms with Crippen LogP contribution in [0.25, 0.3) is 0 Å². The lowest BCUT2D eigenvalue weighted by molar-refractivity contribution is 0.102. The quantitative estimate of drug-likeness (QED) is 0.839. The molecule has 0 aliphatic carbocycles. The number of anilines is 1. The first-order valence-electron chi connectivity index (χ1n) is 6.10. The molecule has 0 bridgehead atoms. The Morgan fingerprint density at radius 3 is 2.70 bits per heavy atom. The molecule has 0 radical (unpaired) electrons. The SMILES string of the molecule is CC(C)(C)c1cc(NC(=O)c2cccc(Br)c2Cl)n[nH]1. The maximum Gasteiger partial charge on any atom is 0.258 e. The van der Waals surface area contributed by atoms with Crippen molar-refractivity contribution in [3.8, 4) is 0 Å². The van der Waals surface area contributed by atoms with E-state index in [1.165, 1.54) is 0 Å². The Balaban J connectivity index is 2.20. The van der Waals surface area contributed by atoms with Gasteiger partial charge in [0, 0.05) is 21.6 Å². The van der Waals surface area contributed by atoms with Gasteiger partial charge >= 0.3 is 0 Å². The second kappa shape index (κ2) is 5.58. The fourth-order valence-corrected chi connectivity index (χ4v) is 2.21. The van der Waals surface area contributed by atoms with E-state index in [9.17, 15) is 4.79 Å². The Morgan fingerprint density at radius 2 is 2.10 bits per heavy atom. The average Bonchev–Trinajstić information content (AvgIpc) is 2.81. The molecule has 2 N–H and O–H groups in total. The number of hydrogen-bond acceptors (Lipinski definition) is 2. The van der Waals surface area contributed by atoms with Crippen LogP contribution in [-0.4, -0.2) is 16.1 Å². The average molecular weight is 357 g/mol. The van der Waals surface area contributed by atoms with E-state index in [-0.39, 0.29) is 11.3 Å². The van der Waals surface area contributed by atoms with E-state index >= 15 is 0 Å². The number of aromatic nitrogens is 2. The lowest BCUT2D eigenvalue weighted by Gasteiger charge is -2.14. The molecule has 0 aliphatic rings. The van der Waals surface area contributed by atoms with E-state index in [0.717, 1.165) is 5.69 Å². The number of nitrogens with zero attached hydrogens (tertiary/aromatic N) is 1. The van der Waals surface area contributed by atoms with Crippen LogP contribution in [0.15, 0.2) is 28.7 Å². The predicted molar refractivity (Wildman–Crippen MR) is 84.4 cm³/mol. The van der Waals surface area contributed by atoms with Crippen LogP contribution in [0.5, 0.6) is 0 Å². The predicted octanol–water partition coefficient (Wildman–Crippen LogP) is 4.38. The van der Waals surface area contributed by atoms with Gasteiger partial charge in [-0.1, -0.05) is 38.4 Å². The van der Waals surface area contributed by atoms with Crippen LogP contribution in [0.1, 0.15) is 36.8 Å². The van der Waals surface area contributed by atoms with E-state index in [4.69, 9.17) is 11.6 Å². The van der Waals surface area contributed by atoms with Gasteiger partial charge in [0.25, 0.3) is 5.91 Å². The summed E-state index contributed by atoms with van der Waals surface area (Å²) in [7, 11) is 0. The normalized spacial score (nSPS) is 11.4. The lowest BCUT2D eigenvalue weighted by atomic mass is 9.92. The van der Waals surface area contributed by atoms with Gasteiger partial charge in [0.05, 0.1) is 10.6 Å². The molecule has 2 rings (SSSR count). The molecule has 1 heterocycles. The Kier molecular flexibility index (Phi) is 4.20. The monoisotopic (exact) mass is 355 g/mol. The molecule has 0 unspecified atom stereocenters. The summed E-state index contributed by atoms with van der Waals surface area (Å²) in [5.74, 6) is 0.194. The third kappa shape index (κ3) is 3.22. The first-order valence-corrected chi connectivity index (χ1v) is 7.27. The van der Waals surface area contributed by atoms with Crippen LogP contribution < -0.4 is 5.32 Å². The fraction of sp³-hybridized carbons (Fsp3) is 0.286. The number of rotatable bonds is 2. The van der Waals surface area contributed by atoms with Crippen molar-refractivity contribution in [2.45, 2.75) is 26.2 Å². The van der Waals surface area contributed by atoms with Crippen molar-refractivity contribution in [1.29, 1.82) is 0 Å². The maximum atomic E-state index is 12.2. The summed E-state index contributed by atoms with van der Waals surface area (Å²) < 4.78 is 0.684. The zero-order chi connectivity index (χ0) is 14.9. The Labute approximate surface area is 131 Å². The van der Waals surface area contributed by atoms with Crippen molar-refractivity contribution in [2.75, 3.05) is 5.32 Å². The molecule has 1 amide bonds. The standard InChI is InChI=1S/C14H15BrClN3O/c1-14(2,3)10-7-11(19-18-10)17-13(20)8-5-4-6-9(15)12(8)16/h4-7H,1-3H3,(H2,17,18,19,20). The molecule has 0 spiro atoms. The molecule has 0 atom stereocenters. The third-order valence-electron chi connectivity index (χ3n) is 2.82. The molecule has 106 valence electrons. The minimum absolute atomic E-state index is 0.0522. The molecular formula is C14H15BrClN3O. The van der Waals surface area contributed by atoms with E-state index < -0.39 is 0 Å². The van der Waals surface area contributed by atoms with Crippen molar-refractivity contribution >= 4 is 39.3 Å². The smallest absolute Gasteiger partial charge is 0.258 e. The maximum absolute atomic E-state index is 12.2. The van der Waals surface area contributed by atoms with Gasteiger partial charge in [-0.15, -0.1) is 0 Å². The van der Waals surface area contributed by atoms with E-state index in [1.807, 2.05) is 6.07 Å². The second-order valence-electron chi connectivity index (χ2n) is 5.47. The van der Waals surface area contributed by atoms with E-state index in [2.05, 4.69) is 52.2 Å². The van der Waals surface area contributed by atoms with Gasteiger partial charge in [-0.25, -0.2) is 0 Å². The summed E-state index contributed by atoms with van der Waals surface area (Å²) in [6.45, 7) is 6.20. The summed E-state index contributed by atoms with van der Waals surface area (Å²) in [6.07, 6.45) is 0. The molecule has 0 fully saturated rings. The second-order valence-corrected chi connectivity index (χ2v) is 6.70. The van der Waals surface area contributed by atoms with Crippen LogP contribution in [0.2, 0.25) is 5.02 Å². The molecule has 4 nitrogen and oxygen atoms in total. The molecule has 1 aromatic heterocycles. The van der Waals surface area contributed by atoms with E-state index in [1.54, 1.807) is 18.2 Å². The van der Waals surface area contributed by atoms with Crippen molar-refractivity contribution in [2.24, 2.45) is 0 Å². The fourth-order valence-electron chi connectivity index (χ4n) is 1.63. The molecule has 2 aromatic rings. The first-order chi connectivity index (χ1) is 9.29. The van der Waals surface area contributed by atoms with Crippen molar-refractivity contribution < 1.29 is 4.79 Å². The lowest BCUT2D eigenvalue weighted by Crippen LogP contribution is -2.13. The van der Waals surface area contributed by atoms with Gasteiger partial charge in [-0.2, -0.15) is 5.10 Å². The van der Waals surface area contributed by atoms with Crippen LogP contribution in [-0.2, 0) is 5.41 Å². The summed E-state index contributed by atoms with van der Waals surface area (Å²) >= 11 is 9.39. The van der Waals surface area contributed by atoms with Crippen molar-refractivity contribution in [3.63, 3.8) is 0 Å². The zero-order valence-corrected chi connectivity index (χ0v) is 13.8. The van der Waals surface area contributed by atoms with Crippen molar-refractivity contribution in [1.82, 2.24) is 10.2 Å². The molecule has 0 saturated heterocycles. The molecule has 0 aliphatic heterocycles. The molecule has 1 aromatic carbocycles. The Morgan fingerprint density at radius 1 is 1.40 bits per heavy atom. The molecule has 0 saturated carbocycles. The summed E-state index contributed by atoms with van der Waals surface area (Å²) in [5.41, 5.74) is 1.30. The van der Waals surface area contributed by atoms with Crippen LogP contribution in [0.4, 0.5) is 5.82 Å². The zero-order valence-electron chi connectivity index (χ0n) is 11.4. The molecule has 20 heavy (non-hydrogen) atoms. The topological polar surface area (TPSA) is 57.8 Å². The number of carbonyl (C=O) groups is 1. The number of H-pyrrole nitrogens is 1. The molecule has 6 heteroatoms. The highest BCUT2D eigenvalue weighted by Gasteiger charge is 2.18. The minimum atomic E-state index is -0.289. The van der Waals surface area contributed by atoms with Gasteiger partial charge in [0.2, 0.25) is 0 Å². The number of amides is 1. The van der Waals surface area contributed by atoms with Gasteiger partial charge in [0.15, 0.2) is 5.82 Å². The van der Waals surface area contributed by atoms with Gasteiger partial charge in [-0.3, -0.25) is 9.89 Å². The van der Waals surface area contributed by atoms with Crippen LogP contribution in [0, 0.1) is 0 Å². The Hall–Kier alpha value is -1.33. The number of aromatic amines is 1. The number of hydrogen-bond donors (Lipinski definition) is 2. The number of benzene rings is 1. The summed E-state index contributed by atoms with van der Waals surface area (Å²) in [4.78, 5) is 12.2. The number of carbonyl (C=O) groups excluding carboxylic acids is 1. The number of nitrogens with one attached hydrogen (secondary N) is 2. The van der Waals surface area contributed by atoms with Crippen molar-refractivity contribution in [3.05, 3.63) is 45.0 Å². The van der Waals surface area contributed by atoms with Gasteiger partial charge in [-0.05, 0) is 28.1 Å². The van der Waals surface area contributed by atoms with Gasteiger partial charge < -0.3 is 5.32 Å². The van der Waals surface area contributed by atoms with Crippen LogP contribution in [0.3, 0.4) is 0 Å². The van der Waals surface area contributed by atoms with Gasteiger partial charge in [0.1, 0.15) is 0 Å². The molecular weight excluding hydrogens is 342 g/mol. The Bertz CT molecular complexity index is 646. The third-order valence-corrected chi connectivity index (χ3v) is 4.12. The summed E-state index contributed by atoms with van der Waals surface area (Å²) in [6, 6.07) is 7.03. The minimum Gasteiger partial charge on any atom is -0.305 e. The van der Waals surface area contributed by atoms with Crippen LogP contribution >= 0.6 is 27.5 Å². The number of halogens is 2. The highest BCUT2D eigenvalue weighted by atomic mass is 79.9. The largest absolute Gasteiger partial charge is 0.305 e. The summed E-state index contributed by atoms with van der Waals surface area (Å²) in [5, 5.41) is 10.1. The highest BCUT2D eigenvalue weighted by molar-refractivity contribution is 9.10. The first kappa shape index (κ1) is 15.1. The van der Waals surface area contributed by atoms with E-state index in [0.29, 0.717) is 20.9 Å².